The van der Waals surface area contributed by atoms with Gasteiger partial charge < -0.3 is 60.8 Å². The number of hydrogen-bond acceptors (Lipinski definition) is 11. The number of nitrogens with two attached hydrogens (primary N) is 2. The Morgan fingerprint density at radius 1 is 0.700 bits per heavy atom. The normalized spacial score (nSPS) is 17.6. The maximum absolute atomic E-state index is 11.3. The van der Waals surface area contributed by atoms with Crippen LogP contribution in [0.5, 0.6) is 5.75 Å². The highest BCUT2D eigenvalue weighted by atomic mass is 79.9. The highest BCUT2D eigenvalue weighted by molar-refractivity contribution is 9.11. The van der Waals surface area contributed by atoms with Gasteiger partial charge in [0.2, 0.25) is 5.02 Å². The molecule has 3 rings (SSSR count). The molecule has 50 heavy (non-hydrogen) atoms. The minimum atomic E-state index is -5.29. The first-order chi connectivity index (χ1) is 22.5. The van der Waals surface area contributed by atoms with E-state index in [1.807, 2.05) is 0 Å². The second-order valence-electron chi connectivity index (χ2n) is 11.0. The molecular formula is C21H42Br2N2O19P6+2. The summed E-state index contributed by atoms with van der Waals surface area (Å²) in [6, 6.07) is 3.58. The maximum Gasteiger partial charge on any atom is 0.745 e. The molecule has 2 unspecified atom stereocenters. The Bertz CT molecular complexity index is 1340. The molecule has 2 atom stereocenters. The molecule has 0 saturated heterocycles. The number of benzene rings is 1. The van der Waals surface area contributed by atoms with Crippen LogP contribution in [0.2, 0.25) is 0 Å². The summed E-state index contributed by atoms with van der Waals surface area (Å²) < 4.78 is 68.3. The second-order valence-corrected chi connectivity index (χ2v) is 22.2. The van der Waals surface area contributed by atoms with Crippen LogP contribution in [-0.2, 0) is 38.2 Å². The van der Waals surface area contributed by atoms with Crippen LogP contribution >= 0.6 is 78.8 Å². The molecule has 2 aliphatic rings. The number of halogens is 2. The van der Waals surface area contributed by atoms with Crippen LogP contribution in [0.1, 0.15) is 69.8 Å². The largest absolute Gasteiger partial charge is 0.745 e. The lowest BCUT2D eigenvalue weighted by molar-refractivity contribution is 0.0607. The highest BCUT2D eigenvalue weighted by Gasteiger charge is 2.64. The average molecular weight is 972 g/mol. The summed E-state index contributed by atoms with van der Waals surface area (Å²) in [5, 5.41) is 13.1. The summed E-state index contributed by atoms with van der Waals surface area (Å²) in [4.78, 5) is 87.8. The van der Waals surface area contributed by atoms with E-state index in [0.29, 0.717) is 54.0 Å². The van der Waals surface area contributed by atoms with E-state index in [2.05, 4.69) is 36.2 Å². The Labute approximate surface area is 305 Å². The first-order valence-electron chi connectivity index (χ1n) is 14.1. The van der Waals surface area contributed by atoms with Crippen molar-refractivity contribution in [3.05, 3.63) is 26.6 Å². The monoisotopic (exact) mass is 970 g/mol. The van der Waals surface area contributed by atoms with E-state index in [1.54, 1.807) is 12.1 Å². The van der Waals surface area contributed by atoms with Crippen LogP contribution in [0.25, 0.3) is 0 Å². The lowest BCUT2D eigenvalue weighted by Gasteiger charge is -2.39. The lowest BCUT2D eigenvalue weighted by atomic mass is 9.89. The lowest BCUT2D eigenvalue weighted by Crippen LogP contribution is -2.47. The van der Waals surface area contributed by atoms with Crippen LogP contribution in [0.15, 0.2) is 21.1 Å². The Morgan fingerprint density at radius 2 is 1.02 bits per heavy atom. The molecule has 21 nitrogen and oxygen atoms in total. The van der Waals surface area contributed by atoms with Crippen LogP contribution < -0.4 is 11.5 Å². The zero-order valence-corrected chi connectivity index (χ0v) is 34.4. The van der Waals surface area contributed by atoms with E-state index >= 15 is 0 Å². The zero-order chi connectivity index (χ0) is 39.5. The van der Waals surface area contributed by atoms with E-state index in [-0.39, 0.29) is 18.6 Å². The van der Waals surface area contributed by atoms with Crippen molar-refractivity contribution in [1.82, 2.24) is 0 Å². The van der Waals surface area contributed by atoms with E-state index in [9.17, 15) is 37.6 Å². The van der Waals surface area contributed by atoms with Crippen LogP contribution in [0.3, 0.4) is 0 Å². The smallest absolute Gasteiger partial charge is 0.506 e. The van der Waals surface area contributed by atoms with Crippen molar-refractivity contribution in [3.8, 4) is 5.75 Å². The molecule has 1 aromatic carbocycles. The SMILES string of the molecule is NC(C1CCCCC1)(P(=O)(O)O)P(=O)(O)O.NCc1cc(Br)c(O)c(Br)c1.O=P(O)(O)C(O)(C1CCCCC1)P(=O)(O)O.O=[P+](O)O[P+](=O)O. The summed E-state index contributed by atoms with van der Waals surface area (Å²) in [6.07, 6.45) is 5.43. The van der Waals surface area contributed by atoms with Crippen LogP contribution in [0, 0.1) is 11.8 Å². The van der Waals surface area contributed by atoms with Crippen molar-refractivity contribution < 1.29 is 90.8 Å². The molecule has 29 heteroatoms. The van der Waals surface area contributed by atoms with Gasteiger partial charge in [0, 0.05) is 27.5 Å². The van der Waals surface area contributed by atoms with E-state index in [0.717, 1.165) is 18.4 Å². The van der Waals surface area contributed by atoms with Gasteiger partial charge in [-0.15, -0.1) is 9.79 Å². The summed E-state index contributed by atoms with van der Waals surface area (Å²) in [6.45, 7) is 0.470. The van der Waals surface area contributed by atoms with Crippen molar-refractivity contribution in [2.24, 2.45) is 23.3 Å². The van der Waals surface area contributed by atoms with Gasteiger partial charge in [-0.05, 0) is 75.2 Å². The van der Waals surface area contributed by atoms with Gasteiger partial charge in [0.1, 0.15) is 5.75 Å². The summed E-state index contributed by atoms with van der Waals surface area (Å²) in [5.74, 6) is -1.67. The van der Waals surface area contributed by atoms with Gasteiger partial charge in [-0.2, -0.15) is 0 Å². The molecule has 0 aromatic heterocycles. The quantitative estimate of drug-likeness (QED) is 0.157. The third-order valence-electron chi connectivity index (χ3n) is 7.60. The standard InChI is InChI=1S/C7H7Br2NO.C7H17NO6P2.C7H16O7P2.O5P2/c8-5-1-4(3-10)2-6(9)7(5)11;2*8-7(15(9,10)11,16(12,13)14)6-4-2-1-3-5-6;1-6(2)5-7(3)4/h1-2,11H,3,10H2;6H,1-5,8H2,(H2,9,10,11)(H2,12,13,14);6,8H,1-5H2,(H2,9,10,11)(H2,12,13,14);/p+2. The molecule has 16 N–H and O–H groups in total. The van der Waals surface area contributed by atoms with E-state index < -0.39 is 68.8 Å². The van der Waals surface area contributed by atoms with Gasteiger partial charge in [-0.25, -0.2) is 0 Å². The van der Waals surface area contributed by atoms with Crippen LogP contribution in [0.4, 0.5) is 0 Å². The summed E-state index contributed by atoms with van der Waals surface area (Å²) >= 11 is 6.40. The summed E-state index contributed by atoms with van der Waals surface area (Å²) in [5.41, 5.74) is 11.8. The van der Waals surface area contributed by atoms with Crippen molar-refractivity contribution in [3.63, 3.8) is 0 Å². The van der Waals surface area contributed by atoms with Gasteiger partial charge in [-0.3, -0.25) is 18.3 Å². The predicted octanol–water partition coefficient (Wildman–Crippen LogP) is 3.78. The third-order valence-corrected chi connectivity index (χ3v) is 18.1. The fourth-order valence-electron chi connectivity index (χ4n) is 5.10. The fraction of sp³-hybridized carbons (Fsp3) is 0.714. The minimum absolute atomic E-state index is 0.210. The second kappa shape index (κ2) is 21.0. The van der Waals surface area contributed by atoms with Gasteiger partial charge in [0.05, 0.1) is 8.95 Å². The minimum Gasteiger partial charge on any atom is -0.506 e. The number of phenols is 1. The highest BCUT2D eigenvalue weighted by Crippen LogP contribution is 2.72. The molecule has 292 valence electrons. The Kier molecular flexibility index (Phi) is 21.2. The van der Waals surface area contributed by atoms with Crippen molar-refractivity contribution in [2.75, 3.05) is 0 Å². The van der Waals surface area contributed by atoms with Crippen molar-refractivity contribution in [2.45, 2.75) is 80.9 Å². The number of rotatable bonds is 9. The number of aromatic hydroxyl groups is 1. The molecule has 2 aliphatic carbocycles. The molecule has 0 aliphatic heterocycles. The van der Waals surface area contributed by atoms with Gasteiger partial charge >= 0.3 is 46.9 Å². The maximum atomic E-state index is 11.3. The topological polar surface area (TPSA) is 406 Å². The molecule has 1 aromatic rings. The van der Waals surface area contributed by atoms with Crippen molar-refractivity contribution in [1.29, 1.82) is 0 Å². The molecule has 0 bridgehead atoms. The third kappa shape index (κ3) is 14.6. The number of aliphatic hydroxyl groups is 1. The van der Waals surface area contributed by atoms with Crippen LogP contribution in [-0.4, -0.2) is 69.3 Å². The first-order valence-corrected chi connectivity index (χ1v) is 24.4. The summed E-state index contributed by atoms with van der Waals surface area (Å²) in [7, 11) is -26.5. The van der Waals surface area contributed by atoms with Gasteiger partial charge in [0.25, 0.3) is 5.08 Å². The van der Waals surface area contributed by atoms with E-state index in [1.165, 1.54) is 0 Å². The van der Waals surface area contributed by atoms with Gasteiger partial charge in [-0.1, -0.05) is 38.5 Å². The molecule has 0 heterocycles. The molecule has 2 saturated carbocycles. The molecular weight excluding hydrogens is 930 g/mol. The zero-order valence-electron chi connectivity index (χ0n) is 25.9. The Hall–Kier alpha value is 0.540. The first kappa shape index (κ1) is 50.5. The molecule has 0 radical (unpaired) electrons. The Morgan fingerprint density at radius 3 is 1.26 bits per heavy atom. The number of phenolic OH excluding ortho intramolecular Hbond substituents is 1. The number of hydrogen-bond donors (Lipinski definition) is 14. The fourth-order valence-corrected chi connectivity index (χ4v) is 12.5. The predicted molar refractivity (Wildman–Crippen MR) is 185 cm³/mol. The average Bonchev–Trinajstić information content (AvgIpc) is 2.97. The Balaban J connectivity index is 0.000000668. The molecule has 0 spiro atoms. The van der Waals surface area contributed by atoms with E-state index in [4.69, 9.17) is 60.4 Å². The van der Waals surface area contributed by atoms with Gasteiger partial charge in [0.15, 0.2) is 4.31 Å². The molecule has 2 fully saturated rings. The van der Waals surface area contributed by atoms with Crippen molar-refractivity contribution >= 4 is 78.8 Å². The molecule has 0 amide bonds.